The minimum atomic E-state index is 0.0249. The maximum Gasteiger partial charge on any atom is 0.260 e. The number of aliphatic hydroxyl groups is 1. The van der Waals surface area contributed by atoms with Gasteiger partial charge in [0.2, 0.25) is 0 Å². The second kappa shape index (κ2) is 7.26. The first-order chi connectivity index (χ1) is 9.70. The van der Waals surface area contributed by atoms with Crippen LogP contribution in [0.4, 0.5) is 0 Å². The standard InChI is InChI=1S/C15H22N2O3/c1-13-4-2-3-5-14(13)20-12-15(19)17-8-6-16(7-9-17)10-11-18/h2-5,18H,6-12H2,1H3. The lowest BCUT2D eigenvalue weighted by Crippen LogP contribution is -2.50. The highest BCUT2D eigenvalue weighted by Gasteiger charge is 2.20. The molecule has 1 saturated heterocycles. The van der Waals surface area contributed by atoms with Crippen molar-refractivity contribution >= 4 is 5.91 Å². The predicted molar refractivity (Wildman–Crippen MR) is 76.8 cm³/mol. The van der Waals surface area contributed by atoms with Gasteiger partial charge in [-0.2, -0.15) is 0 Å². The maximum absolute atomic E-state index is 12.1. The van der Waals surface area contributed by atoms with E-state index >= 15 is 0 Å². The summed E-state index contributed by atoms with van der Waals surface area (Å²) in [5.74, 6) is 0.789. The van der Waals surface area contributed by atoms with Crippen LogP contribution in [0.3, 0.4) is 0 Å². The van der Waals surface area contributed by atoms with Crippen LogP contribution in [-0.2, 0) is 4.79 Å². The Morgan fingerprint density at radius 1 is 1.25 bits per heavy atom. The summed E-state index contributed by atoms with van der Waals surface area (Å²) < 4.78 is 5.58. The molecule has 0 radical (unpaired) electrons. The molecule has 110 valence electrons. The van der Waals surface area contributed by atoms with E-state index < -0.39 is 0 Å². The van der Waals surface area contributed by atoms with Gasteiger partial charge in [-0.05, 0) is 18.6 Å². The molecule has 5 heteroatoms. The molecule has 0 unspecified atom stereocenters. The van der Waals surface area contributed by atoms with Crippen LogP contribution in [0.25, 0.3) is 0 Å². The highest BCUT2D eigenvalue weighted by atomic mass is 16.5. The number of benzene rings is 1. The van der Waals surface area contributed by atoms with Gasteiger partial charge < -0.3 is 14.7 Å². The topological polar surface area (TPSA) is 53.0 Å². The third kappa shape index (κ3) is 3.95. The number of aliphatic hydroxyl groups excluding tert-OH is 1. The van der Waals surface area contributed by atoms with Crippen molar-refractivity contribution in [1.82, 2.24) is 9.80 Å². The molecule has 0 aromatic heterocycles. The molecule has 1 aliphatic heterocycles. The average molecular weight is 278 g/mol. The van der Waals surface area contributed by atoms with E-state index in [2.05, 4.69) is 4.90 Å². The van der Waals surface area contributed by atoms with E-state index in [0.717, 1.165) is 24.4 Å². The summed E-state index contributed by atoms with van der Waals surface area (Å²) in [6.45, 7) is 5.95. The van der Waals surface area contributed by atoms with Gasteiger partial charge in [-0.25, -0.2) is 0 Å². The Labute approximate surface area is 119 Å². The van der Waals surface area contributed by atoms with Crippen molar-refractivity contribution in [1.29, 1.82) is 0 Å². The van der Waals surface area contributed by atoms with E-state index in [1.54, 1.807) is 0 Å². The lowest BCUT2D eigenvalue weighted by Gasteiger charge is -2.34. The summed E-state index contributed by atoms with van der Waals surface area (Å²) in [5.41, 5.74) is 1.04. The molecular weight excluding hydrogens is 256 g/mol. The molecule has 0 bridgehead atoms. The number of aryl methyl sites for hydroxylation is 1. The van der Waals surface area contributed by atoms with E-state index in [0.29, 0.717) is 19.6 Å². The van der Waals surface area contributed by atoms with Crippen LogP contribution in [-0.4, -0.2) is 66.8 Å². The Morgan fingerprint density at radius 2 is 1.95 bits per heavy atom. The van der Waals surface area contributed by atoms with Gasteiger partial charge in [0.1, 0.15) is 5.75 Å². The van der Waals surface area contributed by atoms with Crippen LogP contribution in [0.5, 0.6) is 5.75 Å². The Morgan fingerprint density at radius 3 is 2.60 bits per heavy atom. The summed E-state index contributed by atoms with van der Waals surface area (Å²) in [5, 5.41) is 8.89. The molecule has 0 aliphatic carbocycles. The second-order valence-corrected chi connectivity index (χ2v) is 5.00. The van der Waals surface area contributed by atoms with Crippen LogP contribution in [0, 0.1) is 6.92 Å². The molecule has 1 fully saturated rings. The number of piperazine rings is 1. The normalized spacial score (nSPS) is 16.2. The third-order valence-corrected chi connectivity index (χ3v) is 3.59. The molecular formula is C15H22N2O3. The summed E-state index contributed by atoms with van der Waals surface area (Å²) in [6.07, 6.45) is 0. The van der Waals surface area contributed by atoms with Gasteiger partial charge in [-0.1, -0.05) is 18.2 Å². The Kier molecular flexibility index (Phi) is 5.38. The first-order valence-electron chi connectivity index (χ1n) is 7.00. The van der Waals surface area contributed by atoms with E-state index in [1.165, 1.54) is 0 Å². The van der Waals surface area contributed by atoms with Crippen molar-refractivity contribution in [3.8, 4) is 5.75 Å². The van der Waals surface area contributed by atoms with Gasteiger partial charge in [-0.3, -0.25) is 9.69 Å². The maximum atomic E-state index is 12.1. The number of amides is 1. The van der Waals surface area contributed by atoms with Crippen LogP contribution >= 0.6 is 0 Å². The number of carbonyl (C=O) groups is 1. The van der Waals surface area contributed by atoms with Gasteiger partial charge in [-0.15, -0.1) is 0 Å². The number of nitrogens with zero attached hydrogens (tertiary/aromatic N) is 2. The fourth-order valence-corrected chi connectivity index (χ4v) is 2.31. The van der Waals surface area contributed by atoms with Crippen molar-refractivity contribution in [3.63, 3.8) is 0 Å². The minimum absolute atomic E-state index is 0.0249. The minimum Gasteiger partial charge on any atom is -0.484 e. The lowest BCUT2D eigenvalue weighted by atomic mass is 10.2. The molecule has 1 heterocycles. The Balaban J connectivity index is 1.77. The largest absolute Gasteiger partial charge is 0.484 e. The monoisotopic (exact) mass is 278 g/mol. The number of hydrogen-bond acceptors (Lipinski definition) is 4. The molecule has 0 atom stereocenters. The molecule has 20 heavy (non-hydrogen) atoms. The summed E-state index contributed by atoms with van der Waals surface area (Å²) in [6, 6.07) is 7.69. The van der Waals surface area contributed by atoms with Gasteiger partial charge in [0.15, 0.2) is 6.61 Å². The van der Waals surface area contributed by atoms with Crippen molar-refractivity contribution in [2.24, 2.45) is 0 Å². The van der Waals surface area contributed by atoms with E-state index in [9.17, 15) is 4.79 Å². The second-order valence-electron chi connectivity index (χ2n) is 5.00. The van der Waals surface area contributed by atoms with Crippen LogP contribution < -0.4 is 4.74 Å². The van der Waals surface area contributed by atoms with Crippen molar-refractivity contribution in [2.75, 3.05) is 45.9 Å². The quantitative estimate of drug-likeness (QED) is 0.853. The molecule has 1 aliphatic rings. The highest BCUT2D eigenvalue weighted by Crippen LogP contribution is 2.16. The fourth-order valence-electron chi connectivity index (χ4n) is 2.31. The fraction of sp³-hybridized carbons (Fsp3) is 0.533. The molecule has 1 aromatic rings. The number of β-amino-alcohol motifs (C(OH)–C–C–N with tert-alkyl or cyclic N) is 1. The molecule has 1 N–H and O–H groups in total. The zero-order valence-corrected chi connectivity index (χ0v) is 11.9. The van der Waals surface area contributed by atoms with E-state index in [-0.39, 0.29) is 19.1 Å². The van der Waals surface area contributed by atoms with Crippen molar-refractivity contribution in [3.05, 3.63) is 29.8 Å². The SMILES string of the molecule is Cc1ccccc1OCC(=O)N1CCN(CCO)CC1. The molecule has 1 aromatic carbocycles. The molecule has 0 spiro atoms. The van der Waals surface area contributed by atoms with Crippen molar-refractivity contribution in [2.45, 2.75) is 6.92 Å². The number of hydrogen-bond donors (Lipinski definition) is 1. The Bertz CT molecular complexity index is 442. The predicted octanol–water partition coefficient (Wildman–Crippen LogP) is 0.510. The average Bonchev–Trinajstić information content (AvgIpc) is 2.47. The smallest absolute Gasteiger partial charge is 0.260 e. The van der Waals surface area contributed by atoms with E-state index in [1.807, 2.05) is 36.1 Å². The highest BCUT2D eigenvalue weighted by molar-refractivity contribution is 5.77. The van der Waals surface area contributed by atoms with Crippen LogP contribution in [0.1, 0.15) is 5.56 Å². The number of rotatable bonds is 5. The molecule has 0 saturated carbocycles. The third-order valence-electron chi connectivity index (χ3n) is 3.59. The zero-order chi connectivity index (χ0) is 14.4. The molecule has 5 nitrogen and oxygen atoms in total. The molecule has 2 rings (SSSR count). The molecule has 1 amide bonds. The number of ether oxygens (including phenoxy) is 1. The zero-order valence-electron chi connectivity index (χ0n) is 11.9. The van der Waals surface area contributed by atoms with Gasteiger partial charge >= 0.3 is 0 Å². The number of para-hydroxylation sites is 1. The van der Waals surface area contributed by atoms with Crippen molar-refractivity contribution < 1.29 is 14.6 Å². The van der Waals surface area contributed by atoms with Crippen LogP contribution in [0.15, 0.2) is 24.3 Å². The lowest BCUT2D eigenvalue weighted by molar-refractivity contribution is -0.135. The van der Waals surface area contributed by atoms with Gasteiger partial charge in [0.05, 0.1) is 6.61 Å². The summed E-state index contributed by atoms with van der Waals surface area (Å²) in [4.78, 5) is 16.1. The van der Waals surface area contributed by atoms with Gasteiger partial charge in [0, 0.05) is 32.7 Å². The number of carbonyl (C=O) groups excluding carboxylic acids is 1. The Hall–Kier alpha value is -1.59. The van der Waals surface area contributed by atoms with E-state index in [4.69, 9.17) is 9.84 Å². The summed E-state index contributed by atoms with van der Waals surface area (Å²) >= 11 is 0. The van der Waals surface area contributed by atoms with Crippen LogP contribution in [0.2, 0.25) is 0 Å². The first kappa shape index (κ1) is 14.8. The summed E-state index contributed by atoms with van der Waals surface area (Å²) in [7, 11) is 0. The van der Waals surface area contributed by atoms with Gasteiger partial charge in [0.25, 0.3) is 5.91 Å². The first-order valence-corrected chi connectivity index (χ1v) is 7.00.